The summed E-state index contributed by atoms with van der Waals surface area (Å²) in [5.41, 5.74) is 0. The maximum atomic E-state index is 3.49. The maximum absolute atomic E-state index is 3.49. The van der Waals surface area contributed by atoms with Gasteiger partial charge >= 0.3 is 0 Å². The van der Waals surface area contributed by atoms with Gasteiger partial charge in [0, 0.05) is 19.1 Å². The van der Waals surface area contributed by atoms with Crippen LogP contribution in [0.5, 0.6) is 0 Å². The normalized spacial score (nSPS) is 28.7. The van der Waals surface area contributed by atoms with E-state index >= 15 is 0 Å². The summed E-state index contributed by atoms with van der Waals surface area (Å²) >= 11 is 0. The van der Waals surface area contributed by atoms with Crippen molar-refractivity contribution in [3.8, 4) is 0 Å². The second kappa shape index (κ2) is 7.46. The van der Waals surface area contributed by atoms with E-state index in [1.807, 2.05) is 0 Å². The van der Waals surface area contributed by atoms with Gasteiger partial charge in [0.1, 0.15) is 0 Å². The van der Waals surface area contributed by atoms with Crippen molar-refractivity contribution in [3.63, 3.8) is 0 Å². The Labute approximate surface area is 113 Å². The van der Waals surface area contributed by atoms with Crippen LogP contribution in [-0.2, 0) is 0 Å². The highest BCUT2D eigenvalue weighted by molar-refractivity contribution is 4.82. The molecule has 2 rings (SSSR count). The SMILES string of the molecule is CCNCC1CCN(C(C)CN2CCCCC2)C1. The monoisotopic (exact) mass is 253 g/mol. The molecule has 0 aromatic rings. The largest absolute Gasteiger partial charge is 0.317 e. The van der Waals surface area contributed by atoms with Gasteiger partial charge in [-0.2, -0.15) is 0 Å². The summed E-state index contributed by atoms with van der Waals surface area (Å²) < 4.78 is 0. The van der Waals surface area contributed by atoms with E-state index in [1.165, 1.54) is 65.0 Å². The van der Waals surface area contributed by atoms with E-state index in [0.29, 0.717) is 0 Å². The van der Waals surface area contributed by atoms with Crippen molar-refractivity contribution < 1.29 is 0 Å². The minimum Gasteiger partial charge on any atom is -0.317 e. The summed E-state index contributed by atoms with van der Waals surface area (Å²) in [6, 6.07) is 0.745. The first-order chi connectivity index (χ1) is 8.79. The number of nitrogens with one attached hydrogen (secondary N) is 1. The molecule has 1 N–H and O–H groups in total. The first-order valence-corrected chi connectivity index (χ1v) is 7.96. The molecular formula is C15H31N3. The molecule has 0 aromatic carbocycles. The van der Waals surface area contributed by atoms with E-state index in [9.17, 15) is 0 Å². The van der Waals surface area contributed by atoms with Gasteiger partial charge in [-0.25, -0.2) is 0 Å². The van der Waals surface area contributed by atoms with Gasteiger partial charge in [0.15, 0.2) is 0 Å². The summed E-state index contributed by atoms with van der Waals surface area (Å²) in [5, 5.41) is 3.49. The van der Waals surface area contributed by atoms with Crippen LogP contribution in [0.25, 0.3) is 0 Å². The molecule has 2 aliphatic heterocycles. The molecule has 2 saturated heterocycles. The van der Waals surface area contributed by atoms with Crippen molar-refractivity contribution in [2.24, 2.45) is 5.92 Å². The Bertz CT molecular complexity index is 226. The third kappa shape index (κ3) is 4.22. The van der Waals surface area contributed by atoms with Gasteiger partial charge in [0.2, 0.25) is 0 Å². The average Bonchev–Trinajstić information content (AvgIpc) is 2.86. The van der Waals surface area contributed by atoms with Gasteiger partial charge in [-0.1, -0.05) is 13.3 Å². The van der Waals surface area contributed by atoms with Gasteiger partial charge in [0.25, 0.3) is 0 Å². The highest BCUT2D eigenvalue weighted by Gasteiger charge is 2.26. The molecule has 0 aromatic heterocycles. The second-order valence-corrected chi connectivity index (χ2v) is 6.17. The molecule has 0 spiro atoms. The van der Waals surface area contributed by atoms with Crippen molar-refractivity contribution >= 4 is 0 Å². The number of rotatable bonds is 6. The molecule has 3 heteroatoms. The summed E-state index contributed by atoms with van der Waals surface area (Å²) in [4.78, 5) is 5.38. The summed E-state index contributed by atoms with van der Waals surface area (Å²) in [6.07, 6.45) is 5.65. The van der Waals surface area contributed by atoms with E-state index in [2.05, 4.69) is 29.0 Å². The zero-order valence-electron chi connectivity index (χ0n) is 12.3. The van der Waals surface area contributed by atoms with Crippen LogP contribution in [-0.4, -0.2) is 61.7 Å². The molecule has 0 saturated carbocycles. The third-order valence-corrected chi connectivity index (χ3v) is 4.59. The lowest BCUT2D eigenvalue weighted by atomic mass is 10.1. The first kappa shape index (κ1) is 14.3. The predicted octanol–water partition coefficient (Wildman–Crippen LogP) is 1.79. The van der Waals surface area contributed by atoms with Crippen molar-refractivity contribution in [1.82, 2.24) is 15.1 Å². The average molecular weight is 253 g/mol. The molecule has 18 heavy (non-hydrogen) atoms. The Kier molecular flexibility index (Phi) is 5.93. The Morgan fingerprint density at radius 3 is 2.67 bits per heavy atom. The van der Waals surface area contributed by atoms with E-state index in [4.69, 9.17) is 0 Å². The van der Waals surface area contributed by atoms with Crippen molar-refractivity contribution in [2.75, 3.05) is 45.8 Å². The lowest BCUT2D eigenvalue weighted by molar-refractivity contribution is 0.150. The molecule has 0 bridgehead atoms. The number of piperidine rings is 1. The number of hydrogen-bond acceptors (Lipinski definition) is 3. The van der Waals surface area contributed by atoms with Crippen LogP contribution in [0.4, 0.5) is 0 Å². The Balaban J connectivity index is 1.67. The van der Waals surface area contributed by atoms with Gasteiger partial charge in [-0.3, -0.25) is 4.90 Å². The van der Waals surface area contributed by atoms with E-state index in [0.717, 1.165) is 18.5 Å². The van der Waals surface area contributed by atoms with Crippen LogP contribution in [0, 0.1) is 5.92 Å². The standard InChI is InChI=1S/C15H31N3/c1-3-16-11-15-7-10-18(13-15)14(2)12-17-8-5-4-6-9-17/h14-16H,3-13H2,1-2H3. The van der Waals surface area contributed by atoms with Crippen LogP contribution in [0.1, 0.15) is 39.5 Å². The second-order valence-electron chi connectivity index (χ2n) is 6.17. The molecule has 0 aliphatic carbocycles. The lowest BCUT2D eigenvalue weighted by Gasteiger charge is -2.33. The quantitative estimate of drug-likeness (QED) is 0.778. The minimum absolute atomic E-state index is 0.745. The molecule has 0 amide bonds. The van der Waals surface area contributed by atoms with Crippen LogP contribution in [0.15, 0.2) is 0 Å². The molecule has 2 aliphatic rings. The molecule has 2 atom stereocenters. The highest BCUT2D eigenvalue weighted by atomic mass is 15.2. The molecule has 2 heterocycles. The summed E-state index contributed by atoms with van der Waals surface area (Å²) in [7, 11) is 0. The highest BCUT2D eigenvalue weighted by Crippen LogP contribution is 2.19. The van der Waals surface area contributed by atoms with Crippen LogP contribution in [0.2, 0.25) is 0 Å². The van der Waals surface area contributed by atoms with Gasteiger partial charge < -0.3 is 10.2 Å². The maximum Gasteiger partial charge on any atom is 0.0195 e. The van der Waals surface area contributed by atoms with Crippen molar-refractivity contribution in [2.45, 2.75) is 45.6 Å². The first-order valence-electron chi connectivity index (χ1n) is 7.96. The predicted molar refractivity (Wildman–Crippen MR) is 78.0 cm³/mol. The van der Waals surface area contributed by atoms with Gasteiger partial charge in [0.05, 0.1) is 0 Å². The molecular weight excluding hydrogens is 222 g/mol. The fraction of sp³-hybridized carbons (Fsp3) is 1.00. The number of likely N-dealkylation sites (tertiary alicyclic amines) is 2. The van der Waals surface area contributed by atoms with Gasteiger partial charge in [-0.05, 0) is 64.8 Å². The number of hydrogen-bond donors (Lipinski definition) is 1. The number of nitrogens with zero attached hydrogens (tertiary/aromatic N) is 2. The van der Waals surface area contributed by atoms with Crippen molar-refractivity contribution in [1.29, 1.82) is 0 Å². The van der Waals surface area contributed by atoms with E-state index in [-0.39, 0.29) is 0 Å². The minimum atomic E-state index is 0.745. The van der Waals surface area contributed by atoms with Crippen molar-refractivity contribution in [3.05, 3.63) is 0 Å². The fourth-order valence-electron chi connectivity index (χ4n) is 3.41. The summed E-state index contributed by atoms with van der Waals surface area (Å²) in [6.45, 7) is 13.5. The van der Waals surface area contributed by atoms with Crippen LogP contribution >= 0.6 is 0 Å². The van der Waals surface area contributed by atoms with E-state index < -0.39 is 0 Å². The smallest absolute Gasteiger partial charge is 0.0195 e. The zero-order valence-corrected chi connectivity index (χ0v) is 12.3. The van der Waals surface area contributed by atoms with Crippen LogP contribution in [0.3, 0.4) is 0 Å². The molecule has 2 fully saturated rings. The molecule has 2 unspecified atom stereocenters. The molecule has 3 nitrogen and oxygen atoms in total. The molecule has 106 valence electrons. The lowest BCUT2D eigenvalue weighted by Crippen LogP contribution is -2.43. The van der Waals surface area contributed by atoms with Gasteiger partial charge in [-0.15, -0.1) is 0 Å². The third-order valence-electron chi connectivity index (χ3n) is 4.59. The summed E-state index contributed by atoms with van der Waals surface area (Å²) in [5.74, 6) is 0.883. The van der Waals surface area contributed by atoms with Crippen LogP contribution < -0.4 is 5.32 Å². The molecule has 0 radical (unpaired) electrons. The topological polar surface area (TPSA) is 18.5 Å². The Morgan fingerprint density at radius 1 is 1.17 bits per heavy atom. The zero-order chi connectivity index (χ0) is 12.8. The van der Waals surface area contributed by atoms with E-state index in [1.54, 1.807) is 0 Å². The Hall–Kier alpha value is -0.120. The Morgan fingerprint density at radius 2 is 1.94 bits per heavy atom. The fourth-order valence-corrected chi connectivity index (χ4v) is 3.41.